The summed E-state index contributed by atoms with van der Waals surface area (Å²) in [7, 11) is 2.39. The van der Waals surface area contributed by atoms with Gasteiger partial charge >= 0.3 is 12.1 Å². The number of methoxy groups -OCH3 is 2. The molecule has 0 saturated heterocycles. The maximum Gasteiger partial charge on any atom is 0.407 e. The Labute approximate surface area is 104 Å². The van der Waals surface area contributed by atoms with Crippen LogP contribution in [0.5, 0.6) is 0 Å². The smallest absolute Gasteiger partial charge is 0.407 e. The molecular weight excluding hydrogens is 241 g/mol. The summed E-state index contributed by atoms with van der Waals surface area (Å²) in [5.74, 6) is -1.03. The molecule has 0 fully saturated rings. The van der Waals surface area contributed by atoms with E-state index in [1.165, 1.54) is 32.4 Å². The third-order valence-electron chi connectivity index (χ3n) is 2.29. The maximum absolute atomic E-state index is 13.0. The minimum Gasteiger partial charge on any atom is -0.467 e. The van der Waals surface area contributed by atoms with Crippen LogP contribution < -0.4 is 5.32 Å². The molecule has 0 spiro atoms. The molecule has 1 atom stereocenters. The molecule has 1 amide bonds. The highest BCUT2D eigenvalue weighted by molar-refractivity contribution is 5.81. The number of carbonyl (C=O) groups is 2. The van der Waals surface area contributed by atoms with Crippen molar-refractivity contribution in [1.29, 1.82) is 0 Å². The van der Waals surface area contributed by atoms with Crippen LogP contribution >= 0.6 is 0 Å². The van der Waals surface area contributed by atoms with Gasteiger partial charge in [0.2, 0.25) is 0 Å². The second-order valence-corrected chi connectivity index (χ2v) is 3.55. The number of amides is 1. The first-order chi connectivity index (χ1) is 8.56. The van der Waals surface area contributed by atoms with Crippen LogP contribution in [-0.4, -0.2) is 32.3 Å². The second-order valence-electron chi connectivity index (χ2n) is 3.55. The summed E-state index contributed by atoms with van der Waals surface area (Å²) >= 11 is 0. The zero-order valence-electron chi connectivity index (χ0n) is 10.1. The summed E-state index contributed by atoms with van der Waals surface area (Å²) in [6, 6.07) is 4.85. The Morgan fingerprint density at radius 2 is 2.06 bits per heavy atom. The van der Waals surface area contributed by atoms with Crippen LogP contribution in [0.15, 0.2) is 24.3 Å². The molecule has 0 aliphatic heterocycles. The first-order valence-electron chi connectivity index (χ1n) is 5.23. The number of hydrogen-bond acceptors (Lipinski definition) is 4. The quantitative estimate of drug-likeness (QED) is 0.823. The van der Waals surface area contributed by atoms with Crippen LogP contribution in [0, 0.1) is 5.82 Å². The highest BCUT2D eigenvalue weighted by Crippen LogP contribution is 2.07. The average Bonchev–Trinajstić information content (AvgIpc) is 2.36. The maximum atomic E-state index is 13.0. The third kappa shape index (κ3) is 4.04. The van der Waals surface area contributed by atoms with Gasteiger partial charge in [0.25, 0.3) is 0 Å². The summed E-state index contributed by atoms with van der Waals surface area (Å²) in [5.41, 5.74) is 0.571. The molecule has 0 aliphatic carbocycles. The summed E-state index contributed by atoms with van der Waals surface area (Å²) < 4.78 is 22.0. The number of benzene rings is 1. The lowest BCUT2D eigenvalue weighted by atomic mass is 10.1. The van der Waals surface area contributed by atoms with Gasteiger partial charge < -0.3 is 14.8 Å². The van der Waals surface area contributed by atoms with Crippen molar-refractivity contribution in [3.05, 3.63) is 35.6 Å². The zero-order chi connectivity index (χ0) is 13.5. The van der Waals surface area contributed by atoms with Crippen molar-refractivity contribution in [2.75, 3.05) is 14.2 Å². The summed E-state index contributed by atoms with van der Waals surface area (Å²) in [5, 5.41) is 2.33. The molecule has 0 aliphatic rings. The van der Waals surface area contributed by atoms with Crippen molar-refractivity contribution in [3.63, 3.8) is 0 Å². The van der Waals surface area contributed by atoms with Crippen molar-refractivity contribution in [1.82, 2.24) is 5.32 Å². The Hall–Kier alpha value is -2.11. The molecule has 5 nitrogen and oxygen atoms in total. The number of nitrogens with one attached hydrogen (secondary N) is 1. The third-order valence-corrected chi connectivity index (χ3v) is 2.29. The molecule has 1 N–H and O–H groups in total. The standard InChI is InChI=1S/C12H14FNO4/c1-17-11(15)10(14-12(16)18-2)7-8-4-3-5-9(13)6-8/h3-6,10H,7H2,1-2H3,(H,14,16)/t10-/m1/s1. The van der Waals surface area contributed by atoms with Crippen LogP contribution in [0.3, 0.4) is 0 Å². The Kier molecular flexibility index (Phi) is 5.10. The fourth-order valence-electron chi connectivity index (χ4n) is 1.44. The van der Waals surface area contributed by atoms with Crippen molar-refractivity contribution in [2.45, 2.75) is 12.5 Å². The van der Waals surface area contributed by atoms with Crippen molar-refractivity contribution < 1.29 is 23.5 Å². The lowest BCUT2D eigenvalue weighted by molar-refractivity contribution is -0.142. The van der Waals surface area contributed by atoms with Crippen molar-refractivity contribution in [3.8, 4) is 0 Å². The van der Waals surface area contributed by atoms with E-state index in [0.717, 1.165) is 0 Å². The van der Waals surface area contributed by atoms with Crippen LogP contribution in [0.1, 0.15) is 5.56 Å². The molecule has 1 rings (SSSR count). The fraction of sp³-hybridized carbons (Fsp3) is 0.333. The van der Waals surface area contributed by atoms with Gasteiger partial charge in [-0.05, 0) is 17.7 Å². The summed E-state index contributed by atoms with van der Waals surface area (Å²) in [4.78, 5) is 22.6. The topological polar surface area (TPSA) is 64.6 Å². The van der Waals surface area contributed by atoms with E-state index in [2.05, 4.69) is 14.8 Å². The van der Waals surface area contributed by atoms with E-state index in [9.17, 15) is 14.0 Å². The predicted molar refractivity (Wildman–Crippen MR) is 61.4 cm³/mol. The number of alkyl carbamates (subject to hydrolysis) is 1. The number of rotatable bonds is 4. The Bertz CT molecular complexity index is 436. The van der Waals surface area contributed by atoms with Crippen LogP contribution in [-0.2, 0) is 20.7 Å². The largest absolute Gasteiger partial charge is 0.467 e. The lowest BCUT2D eigenvalue weighted by Gasteiger charge is -2.15. The van der Waals surface area contributed by atoms with Gasteiger partial charge in [0.1, 0.15) is 11.9 Å². The van der Waals surface area contributed by atoms with Gasteiger partial charge in [0.15, 0.2) is 0 Å². The lowest BCUT2D eigenvalue weighted by Crippen LogP contribution is -2.43. The highest BCUT2D eigenvalue weighted by Gasteiger charge is 2.22. The molecular formula is C12H14FNO4. The molecule has 0 heterocycles. The molecule has 0 aromatic heterocycles. The second kappa shape index (κ2) is 6.58. The van der Waals surface area contributed by atoms with E-state index in [4.69, 9.17) is 0 Å². The van der Waals surface area contributed by atoms with Gasteiger partial charge in [-0.3, -0.25) is 0 Å². The monoisotopic (exact) mass is 255 g/mol. The van der Waals surface area contributed by atoms with Gasteiger partial charge in [-0.15, -0.1) is 0 Å². The van der Waals surface area contributed by atoms with E-state index in [-0.39, 0.29) is 6.42 Å². The number of esters is 1. The Morgan fingerprint density at radius 3 is 2.61 bits per heavy atom. The Morgan fingerprint density at radius 1 is 1.33 bits per heavy atom. The van der Waals surface area contributed by atoms with Gasteiger partial charge in [-0.25, -0.2) is 14.0 Å². The first-order valence-corrected chi connectivity index (χ1v) is 5.23. The molecule has 98 valence electrons. The summed E-state index contributed by atoms with van der Waals surface area (Å²) in [6.45, 7) is 0. The van der Waals surface area contributed by atoms with E-state index in [1.54, 1.807) is 6.07 Å². The van der Waals surface area contributed by atoms with Gasteiger partial charge in [0, 0.05) is 6.42 Å². The van der Waals surface area contributed by atoms with E-state index >= 15 is 0 Å². The molecule has 0 bridgehead atoms. The fourth-order valence-corrected chi connectivity index (χ4v) is 1.44. The van der Waals surface area contributed by atoms with Gasteiger partial charge in [-0.1, -0.05) is 12.1 Å². The number of carbonyl (C=O) groups excluding carboxylic acids is 2. The van der Waals surface area contributed by atoms with Crippen molar-refractivity contribution in [2.24, 2.45) is 0 Å². The molecule has 0 saturated carbocycles. The molecule has 6 heteroatoms. The molecule has 0 radical (unpaired) electrons. The van der Waals surface area contributed by atoms with E-state index in [1.807, 2.05) is 0 Å². The highest BCUT2D eigenvalue weighted by atomic mass is 19.1. The average molecular weight is 255 g/mol. The van der Waals surface area contributed by atoms with E-state index < -0.39 is 23.9 Å². The molecule has 0 unspecified atom stereocenters. The van der Waals surface area contributed by atoms with Crippen molar-refractivity contribution >= 4 is 12.1 Å². The number of halogens is 1. The summed E-state index contributed by atoms with van der Waals surface area (Å²) in [6.07, 6.45) is -0.624. The molecule has 18 heavy (non-hydrogen) atoms. The van der Waals surface area contributed by atoms with Crippen LogP contribution in [0.4, 0.5) is 9.18 Å². The first kappa shape index (κ1) is 14.0. The minimum absolute atomic E-state index is 0.125. The molecule has 1 aromatic rings. The SMILES string of the molecule is COC(=O)N[C@H](Cc1cccc(F)c1)C(=O)OC. The normalized spacial score (nSPS) is 11.5. The number of hydrogen-bond donors (Lipinski definition) is 1. The minimum atomic E-state index is -0.913. The zero-order valence-corrected chi connectivity index (χ0v) is 10.1. The van der Waals surface area contributed by atoms with Crippen LogP contribution in [0.25, 0.3) is 0 Å². The van der Waals surface area contributed by atoms with Gasteiger partial charge in [-0.2, -0.15) is 0 Å². The van der Waals surface area contributed by atoms with E-state index in [0.29, 0.717) is 5.56 Å². The van der Waals surface area contributed by atoms with Crippen LogP contribution in [0.2, 0.25) is 0 Å². The molecule has 1 aromatic carbocycles. The van der Waals surface area contributed by atoms with Gasteiger partial charge in [0.05, 0.1) is 14.2 Å². The number of ether oxygens (including phenoxy) is 2. The Balaban J connectivity index is 2.78. The predicted octanol–water partition coefficient (Wildman–Crippen LogP) is 1.27.